The van der Waals surface area contributed by atoms with E-state index in [1.165, 1.54) is 0 Å². The summed E-state index contributed by atoms with van der Waals surface area (Å²) in [6.07, 6.45) is 5.34. The minimum atomic E-state index is -0.646. The maximum atomic E-state index is 11.9. The van der Waals surface area contributed by atoms with Crippen molar-refractivity contribution in [3.8, 4) is 6.07 Å². The van der Waals surface area contributed by atoms with Gasteiger partial charge >= 0.3 is 0 Å². The van der Waals surface area contributed by atoms with Crippen molar-refractivity contribution >= 4 is 5.91 Å². The first kappa shape index (κ1) is 14.9. The topological polar surface area (TPSA) is 76.4 Å². The van der Waals surface area contributed by atoms with Crippen molar-refractivity contribution in [2.24, 2.45) is 0 Å². The number of nitriles is 1. The lowest BCUT2D eigenvalue weighted by molar-refractivity contribution is -0.123. The molecule has 0 aromatic carbocycles. The molecular formula is C13H23N3O2. The molecule has 1 amide bonds. The van der Waals surface area contributed by atoms with E-state index in [2.05, 4.69) is 11.4 Å². The fraction of sp³-hybridized carbons (Fsp3) is 0.846. The van der Waals surface area contributed by atoms with Crippen LogP contribution in [0.4, 0.5) is 0 Å². The highest BCUT2D eigenvalue weighted by Gasteiger charge is 2.33. The molecule has 1 aliphatic rings. The van der Waals surface area contributed by atoms with Crippen molar-refractivity contribution in [3.63, 3.8) is 0 Å². The Morgan fingerprint density at radius 3 is 2.67 bits per heavy atom. The Kier molecular flexibility index (Phi) is 6.10. The smallest absolute Gasteiger partial charge is 0.235 e. The highest BCUT2D eigenvalue weighted by molar-refractivity contribution is 5.79. The van der Waals surface area contributed by atoms with Gasteiger partial charge in [0.05, 0.1) is 12.6 Å². The zero-order chi connectivity index (χ0) is 13.4. The van der Waals surface area contributed by atoms with Gasteiger partial charge < -0.3 is 10.4 Å². The van der Waals surface area contributed by atoms with E-state index in [-0.39, 0.29) is 19.1 Å². The van der Waals surface area contributed by atoms with E-state index >= 15 is 0 Å². The van der Waals surface area contributed by atoms with Gasteiger partial charge in [-0.25, -0.2) is 0 Å². The third-order valence-electron chi connectivity index (χ3n) is 3.41. The molecule has 0 aromatic heterocycles. The molecule has 5 heteroatoms. The van der Waals surface area contributed by atoms with Crippen LogP contribution in [-0.4, -0.2) is 48.2 Å². The van der Waals surface area contributed by atoms with Crippen LogP contribution in [0.1, 0.15) is 38.5 Å². The van der Waals surface area contributed by atoms with Gasteiger partial charge in [0.15, 0.2) is 0 Å². The van der Waals surface area contributed by atoms with Crippen molar-refractivity contribution in [3.05, 3.63) is 0 Å². The Morgan fingerprint density at radius 1 is 1.44 bits per heavy atom. The van der Waals surface area contributed by atoms with Gasteiger partial charge in [0.25, 0.3) is 0 Å². The molecule has 0 spiro atoms. The molecule has 0 heterocycles. The van der Waals surface area contributed by atoms with Gasteiger partial charge in [-0.05, 0) is 26.3 Å². The summed E-state index contributed by atoms with van der Waals surface area (Å²) in [4.78, 5) is 13.7. The molecule has 0 saturated heterocycles. The lowest BCUT2D eigenvalue weighted by Gasteiger charge is -2.32. The Balaban J connectivity index is 2.40. The lowest BCUT2D eigenvalue weighted by atomic mass is 9.83. The number of nitrogens with zero attached hydrogens (tertiary/aromatic N) is 2. The fourth-order valence-electron chi connectivity index (χ4n) is 2.39. The summed E-state index contributed by atoms with van der Waals surface area (Å²) in [5.74, 6) is -0.0983. The summed E-state index contributed by atoms with van der Waals surface area (Å²) in [6.45, 7) is 1.10. The number of amides is 1. The SMILES string of the molecule is CN(CCCO)CC(=O)NC1(C#N)CCCCC1. The Morgan fingerprint density at radius 2 is 2.11 bits per heavy atom. The van der Waals surface area contributed by atoms with E-state index in [0.717, 1.165) is 32.1 Å². The highest BCUT2D eigenvalue weighted by Crippen LogP contribution is 2.27. The molecule has 102 valence electrons. The van der Waals surface area contributed by atoms with E-state index in [1.54, 1.807) is 0 Å². The average molecular weight is 253 g/mol. The molecule has 0 radical (unpaired) electrons. The standard InChI is InChI=1S/C13H23N3O2/c1-16(8-5-9-17)10-12(18)15-13(11-14)6-3-2-4-7-13/h17H,2-10H2,1H3,(H,15,18). The minimum absolute atomic E-state index is 0.0983. The van der Waals surface area contributed by atoms with Crippen molar-refractivity contribution < 1.29 is 9.90 Å². The molecule has 2 N–H and O–H groups in total. The average Bonchev–Trinajstić information content (AvgIpc) is 2.37. The van der Waals surface area contributed by atoms with Gasteiger partial charge in [0.1, 0.15) is 5.54 Å². The molecular weight excluding hydrogens is 230 g/mol. The van der Waals surface area contributed by atoms with Gasteiger partial charge in [-0.1, -0.05) is 19.3 Å². The summed E-state index contributed by atoms with van der Waals surface area (Å²) in [5, 5.41) is 20.9. The zero-order valence-corrected chi connectivity index (χ0v) is 11.1. The summed E-state index contributed by atoms with van der Waals surface area (Å²) in [6, 6.07) is 2.27. The van der Waals surface area contributed by atoms with Crippen LogP contribution in [0.5, 0.6) is 0 Å². The molecule has 0 unspecified atom stereocenters. The van der Waals surface area contributed by atoms with Gasteiger partial charge in [0, 0.05) is 13.2 Å². The van der Waals surface area contributed by atoms with Crippen molar-refractivity contribution in [1.29, 1.82) is 5.26 Å². The quantitative estimate of drug-likeness (QED) is 0.728. The van der Waals surface area contributed by atoms with Crippen molar-refractivity contribution in [2.45, 2.75) is 44.1 Å². The van der Waals surface area contributed by atoms with Gasteiger partial charge in [-0.2, -0.15) is 5.26 Å². The van der Waals surface area contributed by atoms with E-state index in [0.29, 0.717) is 13.0 Å². The van der Waals surface area contributed by atoms with Crippen LogP contribution in [0, 0.1) is 11.3 Å². The van der Waals surface area contributed by atoms with Crippen LogP contribution in [0.25, 0.3) is 0 Å². The van der Waals surface area contributed by atoms with Crippen LogP contribution < -0.4 is 5.32 Å². The largest absolute Gasteiger partial charge is 0.396 e. The molecule has 0 bridgehead atoms. The summed E-state index contributed by atoms with van der Waals surface area (Å²) < 4.78 is 0. The summed E-state index contributed by atoms with van der Waals surface area (Å²) in [7, 11) is 1.84. The van der Waals surface area contributed by atoms with Crippen LogP contribution in [0.3, 0.4) is 0 Å². The number of carbonyl (C=O) groups is 1. The first-order chi connectivity index (χ1) is 8.62. The van der Waals surface area contributed by atoms with E-state index in [9.17, 15) is 10.1 Å². The number of nitrogens with one attached hydrogen (secondary N) is 1. The zero-order valence-electron chi connectivity index (χ0n) is 11.1. The first-order valence-electron chi connectivity index (χ1n) is 6.63. The van der Waals surface area contributed by atoms with Crippen LogP contribution in [-0.2, 0) is 4.79 Å². The number of likely N-dealkylation sites (N-methyl/N-ethyl adjacent to an activating group) is 1. The number of hydrogen-bond acceptors (Lipinski definition) is 4. The van der Waals surface area contributed by atoms with Gasteiger partial charge in [-0.15, -0.1) is 0 Å². The van der Waals surface area contributed by atoms with Crippen molar-refractivity contribution in [1.82, 2.24) is 10.2 Å². The molecule has 1 rings (SSSR count). The number of aliphatic hydroxyl groups excluding tert-OH is 1. The molecule has 1 fully saturated rings. The number of rotatable bonds is 6. The Bertz CT molecular complexity index is 306. The molecule has 5 nitrogen and oxygen atoms in total. The third-order valence-corrected chi connectivity index (χ3v) is 3.41. The summed E-state index contributed by atoms with van der Waals surface area (Å²) in [5.41, 5.74) is -0.646. The predicted molar refractivity (Wildman–Crippen MR) is 68.8 cm³/mol. The second kappa shape index (κ2) is 7.34. The fourth-order valence-corrected chi connectivity index (χ4v) is 2.39. The molecule has 0 atom stereocenters. The molecule has 18 heavy (non-hydrogen) atoms. The maximum absolute atomic E-state index is 11.9. The van der Waals surface area contributed by atoms with Crippen LogP contribution >= 0.6 is 0 Å². The molecule has 1 aliphatic carbocycles. The van der Waals surface area contributed by atoms with Crippen molar-refractivity contribution in [2.75, 3.05) is 26.7 Å². The summed E-state index contributed by atoms with van der Waals surface area (Å²) >= 11 is 0. The number of aliphatic hydroxyl groups is 1. The van der Waals surface area contributed by atoms with E-state index < -0.39 is 5.54 Å². The van der Waals surface area contributed by atoms with Crippen LogP contribution in [0.15, 0.2) is 0 Å². The predicted octanol–water partition coefficient (Wildman–Crippen LogP) is 0.643. The highest BCUT2D eigenvalue weighted by atomic mass is 16.3. The lowest BCUT2D eigenvalue weighted by Crippen LogP contribution is -2.51. The van der Waals surface area contributed by atoms with Gasteiger partial charge in [-0.3, -0.25) is 9.69 Å². The van der Waals surface area contributed by atoms with E-state index in [1.807, 2.05) is 11.9 Å². The van der Waals surface area contributed by atoms with Crippen LogP contribution in [0.2, 0.25) is 0 Å². The second-order valence-electron chi connectivity index (χ2n) is 5.12. The van der Waals surface area contributed by atoms with E-state index in [4.69, 9.17) is 5.11 Å². The molecule has 0 aromatic rings. The van der Waals surface area contributed by atoms with Gasteiger partial charge in [0.2, 0.25) is 5.91 Å². The molecule has 0 aliphatic heterocycles. The normalized spacial score (nSPS) is 18.3. The first-order valence-corrected chi connectivity index (χ1v) is 6.63. The minimum Gasteiger partial charge on any atom is -0.396 e. The molecule has 1 saturated carbocycles. The maximum Gasteiger partial charge on any atom is 0.235 e. The number of carbonyl (C=O) groups excluding carboxylic acids is 1. The number of hydrogen-bond donors (Lipinski definition) is 2. The Hall–Kier alpha value is -1.12. The monoisotopic (exact) mass is 253 g/mol. The Labute approximate surface area is 109 Å². The third kappa shape index (κ3) is 4.63. The second-order valence-corrected chi connectivity index (χ2v) is 5.12.